The van der Waals surface area contributed by atoms with E-state index in [1.807, 2.05) is 0 Å². The third-order valence-electron chi connectivity index (χ3n) is 11.2. The SMILES string of the molecule is CCCCCC/C=C/CCCCCCCCCC(=O)O[C@H](COC(=O)CCCCCCCCCCC)CO[C@@H]1O[C@H](CO[C@@H]2O[C@H](CO)[C@H](O)C(O)C2O)[C@H](O)C(O)C1O. The second-order valence-corrected chi connectivity index (χ2v) is 16.6. The Labute approximate surface area is 359 Å². The van der Waals surface area contributed by atoms with Crippen LogP contribution in [0.15, 0.2) is 12.2 Å². The Morgan fingerprint density at radius 3 is 1.48 bits per heavy atom. The minimum atomic E-state index is -1.76. The fourth-order valence-electron chi connectivity index (χ4n) is 7.33. The summed E-state index contributed by atoms with van der Waals surface area (Å²) in [5, 5.41) is 71.8. The number of esters is 2. The Morgan fingerprint density at radius 2 is 0.950 bits per heavy atom. The van der Waals surface area contributed by atoms with Gasteiger partial charge in [-0.1, -0.05) is 129 Å². The average Bonchev–Trinajstić information content (AvgIpc) is 3.24. The highest BCUT2D eigenvalue weighted by atomic mass is 16.7. The Bertz CT molecular complexity index is 1110. The van der Waals surface area contributed by atoms with Crippen LogP contribution in [0, 0.1) is 0 Å². The fourth-order valence-corrected chi connectivity index (χ4v) is 7.33. The second kappa shape index (κ2) is 33.8. The standard InChI is InChI=1S/C45H82O15/c1-3-5-7-9-11-13-14-15-16-17-18-20-22-24-26-28-37(48)58-33(30-55-36(47)27-25-23-21-19-12-10-8-6-4-2)31-56-44-43(54)41(52)39(50)35(60-44)32-57-45-42(53)40(51)38(49)34(29-46)59-45/h13-14,33-35,38-46,49-54H,3-12,15-32H2,1-2H3/b14-13+/t33-,34-,35-,38+,39+,40?,41?,42?,43?,44-,45-/m1/s1. The van der Waals surface area contributed by atoms with Crippen molar-refractivity contribution < 1.29 is 73.8 Å². The van der Waals surface area contributed by atoms with E-state index < -0.39 is 92.7 Å². The van der Waals surface area contributed by atoms with Crippen molar-refractivity contribution in [1.29, 1.82) is 0 Å². The monoisotopic (exact) mass is 863 g/mol. The summed E-state index contributed by atoms with van der Waals surface area (Å²) in [5.74, 6) is -0.929. The number of unbranched alkanes of at least 4 members (excludes halogenated alkanes) is 19. The van der Waals surface area contributed by atoms with Gasteiger partial charge in [-0.15, -0.1) is 0 Å². The molecule has 11 atom stereocenters. The van der Waals surface area contributed by atoms with Gasteiger partial charge < -0.3 is 64.2 Å². The maximum absolute atomic E-state index is 12.9. The molecule has 2 heterocycles. The third kappa shape index (κ3) is 22.5. The van der Waals surface area contributed by atoms with Crippen LogP contribution in [0.25, 0.3) is 0 Å². The van der Waals surface area contributed by atoms with Gasteiger partial charge in [0, 0.05) is 12.8 Å². The number of rotatable bonds is 35. The summed E-state index contributed by atoms with van der Waals surface area (Å²) in [6.07, 6.45) is 12.6. The Morgan fingerprint density at radius 1 is 0.517 bits per heavy atom. The molecule has 0 radical (unpaired) electrons. The van der Waals surface area contributed by atoms with E-state index in [2.05, 4.69) is 26.0 Å². The highest BCUT2D eigenvalue weighted by Gasteiger charge is 2.47. The van der Waals surface area contributed by atoms with Crippen LogP contribution in [-0.4, -0.2) is 142 Å². The topological polar surface area (TPSA) is 231 Å². The van der Waals surface area contributed by atoms with Crippen molar-refractivity contribution in [2.24, 2.45) is 0 Å². The van der Waals surface area contributed by atoms with Crippen LogP contribution in [0.2, 0.25) is 0 Å². The van der Waals surface area contributed by atoms with E-state index in [1.165, 1.54) is 77.0 Å². The predicted octanol–water partition coefficient (Wildman–Crippen LogP) is 5.04. The summed E-state index contributed by atoms with van der Waals surface area (Å²) >= 11 is 0. The molecule has 60 heavy (non-hydrogen) atoms. The zero-order valence-corrected chi connectivity index (χ0v) is 36.7. The summed E-state index contributed by atoms with van der Waals surface area (Å²) in [6.45, 7) is 2.54. The molecule has 0 amide bonds. The lowest BCUT2D eigenvalue weighted by molar-refractivity contribution is -0.332. The van der Waals surface area contributed by atoms with Crippen LogP contribution in [0.4, 0.5) is 0 Å². The Kier molecular flexibility index (Phi) is 30.6. The van der Waals surface area contributed by atoms with Crippen LogP contribution < -0.4 is 0 Å². The second-order valence-electron chi connectivity index (χ2n) is 16.6. The molecular weight excluding hydrogens is 780 g/mol. The summed E-state index contributed by atoms with van der Waals surface area (Å²) < 4.78 is 33.4. The molecule has 0 bridgehead atoms. The molecule has 2 fully saturated rings. The van der Waals surface area contributed by atoms with Crippen molar-refractivity contribution in [3.8, 4) is 0 Å². The highest BCUT2D eigenvalue weighted by Crippen LogP contribution is 2.26. The maximum atomic E-state index is 12.9. The highest BCUT2D eigenvalue weighted by molar-refractivity contribution is 5.70. The van der Waals surface area contributed by atoms with Crippen molar-refractivity contribution in [1.82, 2.24) is 0 Å². The summed E-state index contributed by atoms with van der Waals surface area (Å²) in [5.41, 5.74) is 0. The van der Waals surface area contributed by atoms with Crippen LogP contribution in [0.3, 0.4) is 0 Å². The first-order valence-electron chi connectivity index (χ1n) is 23.3. The lowest BCUT2D eigenvalue weighted by atomic mass is 9.98. The number of hydrogen-bond donors (Lipinski definition) is 7. The van der Waals surface area contributed by atoms with Crippen molar-refractivity contribution in [2.45, 2.75) is 235 Å². The number of carbonyl (C=O) groups is 2. The molecule has 0 aromatic carbocycles. The van der Waals surface area contributed by atoms with Crippen LogP contribution in [0.5, 0.6) is 0 Å². The van der Waals surface area contributed by atoms with Gasteiger partial charge in [0.25, 0.3) is 0 Å². The molecule has 2 saturated heterocycles. The smallest absolute Gasteiger partial charge is 0.306 e. The van der Waals surface area contributed by atoms with Crippen molar-refractivity contribution in [2.75, 3.05) is 26.4 Å². The van der Waals surface area contributed by atoms with Gasteiger partial charge in [0.15, 0.2) is 18.7 Å². The van der Waals surface area contributed by atoms with Gasteiger partial charge in [-0.2, -0.15) is 0 Å². The fraction of sp³-hybridized carbons (Fsp3) is 0.911. The molecule has 0 aromatic rings. The number of hydrogen-bond acceptors (Lipinski definition) is 15. The minimum Gasteiger partial charge on any atom is -0.462 e. The van der Waals surface area contributed by atoms with E-state index in [-0.39, 0.29) is 26.1 Å². The lowest BCUT2D eigenvalue weighted by Crippen LogP contribution is -2.61. The van der Waals surface area contributed by atoms with E-state index in [0.29, 0.717) is 12.8 Å². The van der Waals surface area contributed by atoms with E-state index in [4.69, 9.17) is 28.4 Å². The first-order chi connectivity index (χ1) is 29.0. The number of carbonyl (C=O) groups excluding carboxylic acids is 2. The van der Waals surface area contributed by atoms with Crippen LogP contribution in [0.1, 0.15) is 168 Å². The van der Waals surface area contributed by atoms with Crippen molar-refractivity contribution in [3.63, 3.8) is 0 Å². The quantitative estimate of drug-likeness (QED) is 0.0252. The van der Waals surface area contributed by atoms with E-state index in [1.54, 1.807) is 0 Å². The number of allylic oxidation sites excluding steroid dienone is 2. The molecule has 2 rings (SSSR count). The van der Waals surface area contributed by atoms with Gasteiger partial charge >= 0.3 is 11.9 Å². The van der Waals surface area contributed by atoms with E-state index >= 15 is 0 Å². The molecule has 2 aliphatic rings. The van der Waals surface area contributed by atoms with E-state index in [9.17, 15) is 45.3 Å². The number of ether oxygens (including phenoxy) is 6. The van der Waals surface area contributed by atoms with Gasteiger partial charge in [0.1, 0.15) is 55.4 Å². The normalized spacial score (nSPS) is 27.6. The summed E-state index contributed by atoms with van der Waals surface area (Å²) in [7, 11) is 0. The van der Waals surface area contributed by atoms with Crippen LogP contribution >= 0.6 is 0 Å². The number of aliphatic hydroxyl groups excluding tert-OH is 7. The zero-order valence-electron chi connectivity index (χ0n) is 36.7. The predicted molar refractivity (Wildman–Crippen MR) is 224 cm³/mol. The molecule has 0 aromatic heterocycles. The molecule has 0 saturated carbocycles. The first kappa shape index (κ1) is 54.4. The molecule has 15 nitrogen and oxygen atoms in total. The molecule has 352 valence electrons. The van der Waals surface area contributed by atoms with Gasteiger partial charge in [-0.05, 0) is 38.5 Å². The molecule has 15 heteroatoms. The Balaban J connectivity index is 1.84. The first-order valence-corrected chi connectivity index (χ1v) is 23.3. The average molecular weight is 863 g/mol. The lowest BCUT2D eigenvalue weighted by Gasteiger charge is -2.42. The molecule has 0 aliphatic carbocycles. The summed E-state index contributed by atoms with van der Waals surface area (Å²) in [4.78, 5) is 25.6. The third-order valence-corrected chi connectivity index (χ3v) is 11.2. The van der Waals surface area contributed by atoms with Crippen molar-refractivity contribution >= 4 is 11.9 Å². The van der Waals surface area contributed by atoms with Gasteiger partial charge in [-0.25, -0.2) is 0 Å². The molecular formula is C45H82O15. The molecule has 7 N–H and O–H groups in total. The molecule has 4 unspecified atom stereocenters. The molecule has 2 aliphatic heterocycles. The maximum Gasteiger partial charge on any atom is 0.306 e. The zero-order chi connectivity index (χ0) is 44.0. The van der Waals surface area contributed by atoms with E-state index in [0.717, 1.165) is 51.4 Å². The van der Waals surface area contributed by atoms with Crippen LogP contribution in [-0.2, 0) is 38.0 Å². The van der Waals surface area contributed by atoms with Gasteiger partial charge in [0.2, 0.25) is 0 Å². The van der Waals surface area contributed by atoms with Crippen molar-refractivity contribution in [3.05, 3.63) is 12.2 Å². The largest absolute Gasteiger partial charge is 0.462 e. The summed E-state index contributed by atoms with van der Waals surface area (Å²) in [6, 6.07) is 0. The van der Waals surface area contributed by atoms with Gasteiger partial charge in [0.05, 0.1) is 19.8 Å². The van der Waals surface area contributed by atoms with Gasteiger partial charge in [-0.3, -0.25) is 9.59 Å². The Hall–Kier alpha value is -1.76. The minimum absolute atomic E-state index is 0.163. The number of aliphatic hydroxyl groups is 7. The molecule has 0 spiro atoms.